The van der Waals surface area contributed by atoms with Crippen molar-refractivity contribution in [1.82, 2.24) is 0 Å². The Bertz CT molecular complexity index is 584. The Labute approximate surface area is 126 Å². The molecule has 0 fully saturated rings. The van der Waals surface area contributed by atoms with Gasteiger partial charge in [0.05, 0.1) is 15.3 Å². The van der Waals surface area contributed by atoms with Crippen molar-refractivity contribution >= 4 is 40.7 Å². The average Bonchev–Trinajstić information content (AvgIpc) is 2.43. The smallest absolute Gasteiger partial charge is 0.175 e. The van der Waals surface area contributed by atoms with Gasteiger partial charge in [-0.15, -0.1) is 11.8 Å². The van der Waals surface area contributed by atoms with E-state index in [0.717, 1.165) is 10.5 Å². The number of hydrogen-bond donors (Lipinski definition) is 0. The summed E-state index contributed by atoms with van der Waals surface area (Å²) in [4.78, 5) is 13.2. The zero-order valence-electron chi connectivity index (χ0n) is 10.3. The predicted octanol–water partition coefficient (Wildman–Crippen LogP) is 5.36. The fourth-order valence-corrected chi connectivity index (χ4v) is 2.99. The largest absolute Gasteiger partial charge is 0.293 e. The van der Waals surface area contributed by atoms with Gasteiger partial charge in [0.15, 0.2) is 5.78 Å². The van der Waals surface area contributed by atoms with Crippen molar-refractivity contribution in [3.05, 3.63) is 64.1 Å². The third-order valence-electron chi connectivity index (χ3n) is 2.63. The van der Waals surface area contributed by atoms with Gasteiger partial charge in [-0.2, -0.15) is 0 Å². The Morgan fingerprint density at radius 3 is 2.37 bits per heavy atom. The molecule has 0 heterocycles. The van der Waals surface area contributed by atoms with Gasteiger partial charge < -0.3 is 0 Å². The number of Topliss-reactive ketones (excluding diaryl/α,β-unsaturated/α-hetero) is 1. The van der Waals surface area contributed by atoms with Crippen molar-refractivity contribution in [2.75, 3.05) is 0 Å². The highest BCUT2D eigenvalue weighted by Crippen LogP contribution is 2.31. The molecule has 19 heavy (non-hydrogen) atoms. The molecular weight excluding hydrogens is 299 g/mol. The minimum Gasteiger partial charge on any atom is -0.293 e. The number of rotatable bonds is 4. The van der Waals surface area contributed by atoms with E-state index in [1.807, 2.05) is 43.3 Å². The monoisotopic (exact) mass is 310 g/mol. The highest BCUT2D eigenvalue weighted by Gasteiger charge is 2.16. The molecule has 0 bridgehead atoms. The molecule has 1 atom stereocenters. The number of carbonyl (C=O) groups excluding carboxylic acids is 1. The molecule has 0 aliphatic carbocycles. The third-order valence-corrected chi connectivity index (χ3v) is 4.46. The highest BCUT2D eigenvalue weighted by atomic mass is 35.5. The zero-order chi connectivity index (χ0) is 13.8. The van der Waals surface area contributed by atoms with Crippen LogP contribution in [0.25, 0.3) is 0 Å². The first-order valence-corrected chi connectivity index (χ1v) is 7.42. The lowest BCUT2D eigenvalue weighted by atomic mass is 10.1. The molecule has 0 aromatic heterocycles. The van der Waals surface area contributed by atoms with E-state index in [9.17, 15) is 4.79 Å². The Morgan fingerprint density at radius 2 is 1.74 bits per heavy atom. The molecular formula is C15H12Cl2OS. The van der Waals surface area contributed by atoms with Crippen LogP contribution in [0.2, 0.25) is 10.0 Å². The molecule has 0 aliphatic heterocycles. The van der Waals surface area contributed by atoms with Crippen LogP contribution in [0.5, 0.6) is 0 Å². The lowest BCUT2D eigenvalue weighted by Crippen LogP contribution is -2.13. The van der Waals surface area contributed by atoms with Crippen LogP contribution in [-0.2, 0) is 0 Å². The molecule has 4 heteroatoms. The maximum atomic E-state index is 12.2. The molecule has 0 radical (unpaired) electrons. The summed E-state index contributed by atoms with van der Waals surface area (Å²) in [7, 11) is 0. The fourth-order valence-electron chi connectivity index (χ4n) is 1.64. The van der Waals surface area contributed by atoms with Gasteiger partial charge in [0.2, 0.25) is 0 Å². The van der Waals surface area contributed by atoms with Crippen LogP contribution in [0.15, 0.2) is 53.4 Å². The Hall–Kier alpha value is -0.960. The first-order valence-electron chi connectivity index (χ1n) is 5.79. The summed E-state index contributed by atoms with van der Waals surface area (Å²) >= 11 is 13.3. The molecule has 0 saturated heterocycles. The van der Waals surface area contributed by atoms with Crippen molar-refractivity contribution in [2.24, 2.45) is 0 Å². The number of hydrogen-bond acceptors (Lipinski definition) is 2. The highest BCUT2D eigenvalue weighted by molar-refractivity contribution is 8.00. The molecule has 0 aliphatic rings. The van der Waals surface area contributed by atoms with E-state index in [0.29, 0.717) is 10.0 Å². The Kier molecular flexibility index (Phi) is 4.92. The van der Waals surface area contributed by atoms with Crippen LogP contribution in [0.4, 0.5) is 0 Å². The van der Waals surface area contributed by atoms with E-state index >= 15 is 0 Å². The van der Waals surface area contributed by atoms with Crippen LogP contribution in [-0.4, -0.2) is 11.0 Å². The van der Waals surface area contributed by atoms with Crippen LogP contribution < -0.4 is 0 Å². The molecule has 2 aromatic carbocycles. The maximum absolute atomic E-state index is 12.2. The van der Waals surface area contributed by atoms with Crippen LogP contribution in [0.3, 0.4) is 0 Å². The second-order valence-electron chi connectivity index (χ2n) is 4.07. The normalized spacial score (nSPS) is 12.2. The first-order chi connectivity index (χ1) is 9.08. The molecule has 1 nitrogen and oxygen atoms in total. The summed E-state index contributed by atoms with van der Waals surface area (Å²) in [5.74, 6) is 0.108. The van der Waals surface area contributed by atoms with Crippen LogP contribution in [0, 0.1) is 0 Å². The standard InChI is InChI=1S/C15H12Cl2OS/c1-10(15(18)11-5-3-2-4-6-11)19-12-7-8-13(16)14(17)9-12/h2-10H,1H3. The van der Waals surface area contributed by atoms with E-state index in [4.69, 9.17) is 23.2 Å². The van der Waals surface area contributed by atoms with E-state index in [1.54, 1.807) is 12.1 Å². The van der Waals surface area contributed by atoms with Crippen LogP contribution in [0.1, 0.15) is 17.3 Å². The Morgan fingerprint density at radius 1 is 1.05 bits per heavy atom. The summed E-state index contributed by atoms with van der Waals surface area (Å²) < 4.78 is 0. The van der Waals surface area contributed by atoms with Crippen molar-refractivity contribution in [3.63, 3.8) is 0 Å². The minimum absolute atomic E-state index is 0.108. The maximum Gasteiger partial charge on any atom is 0.175 e. The van der Waals surface area contributed by atoms with E-state index in [-0.39, 0.29) is 11.0 Å². The topological polar surface area (TPSA) is 17.1 Å². The Balaban J connectivity index is 2.10. The van der Waals surface area contributed by atoms with Gasteiger partial charge in [-0.1, -0.05) is 53.5 Å². The van der Waals surface area contributed by atoms with Gasteiger partial charge in [-0.3, -0.25) is 4.79 Å². The van der Waals surface area contributed by atoms with Crippen molar-refractivity contribution in [1.29, 1.82) is 0 Å². The zero-order valence-corrected chi connectivity index (χ0v) is 12.6. The molecule has 0 N–H and O–H groups in total. The lowest BCUT2D eigenvalue weighted by Gasteiger charge is -2.10. The van der Waals surface area contributed by atoms with Gasteiger partial charge in [0.1, 0.15) is 0 Å². The van der Waals surface area contributed by atoms with Crippen molar-refractivity contribution in [2.45, 2.75) is 17.1 Å². The lowest BCUT2D eigenvalue weighted by molar-refractivity contribution is 0.0994. The van der Waals surface area contributed by atoms with Gasteiger partial charge in [0.25, 0.3) is 0 Å². The molecule has 98 valence electrons. The molecule has 2 aromatic rings. The van der Waals surface area contributed by atoms with Gasteiger partial charge in [-0.25, -0.2) is 0 Å². The summed E-state index contributed by atoms with van der Waals surface area (Å²) in [6.45, 7) is 1.89. The van der Waals surface area contributed by atoms with Gasteiger partial charge >= 0.3 is 0 Å². The van der Waals surface area contributed by atoms with Gasteiger partial charge in [-0.05, 0) is 25.1 Å². The number of halogens is 2. The SMILES string of the molecule is CC(Sc1ccc(Cl)c(Cl)c1)C(=O)c1ccccc1. The summed E-state index contributed by atoms with van der Waals surface area (Å²) in [6.07, 6.45) is 0. The number of thioether (sulfide) groups is 1. The van der Waals surface area contributed by atoms with E-state index in [2.05, 4.69) is 0 Å². The molecule has 0 spiro atoms. The second kappa shape index (κ2) is 6.47. The fraction of sp³-hybridized carbons (Fsp3) is 0.133. The number of carbonyl (C=O) groups is 1. The van der Waals surface area contributed by atoms with E-state index < -0.39 is 0 Å². The molecule has 0 amide bonds. The van der Waals surface area contributed by atoms with Crippen LogP contribution >= 0.6 is 35.0 Å². The molecule has 1 unspecified atom stereocenters. The average molecular weight is 311 g/mol. The van der Waals surface area contributed by atoms with Crippen molar-refractivity contribution < 1.29 is 4.79 Å². The minimum atomic E-state index is -0.167. The number of ketones is 1. The third kappa shape index (κ3) is 3.75. The summed E-state index contributed by atoms with van der Waals surface area (Å²) in [5.41, 5.74) is 0.725. The molecule has 2 rings (SSSR count). The number of benzene rings is 2. The second-order valence-corrected chi connectivity index (χ2v) is 6.29. The predicted molar refractivity (Wildman–Crippen MR) is 82.6 cm³/mol. The summed E-state index contributed by atoms with van der Waals surface area (Å²) in [5, 5.41) is 0.860. The van der Waals surface area contributed by atoms with Crippen molar-refractivity contribution in [3.8, 4) is 0 Å². The quantitative estimate of drug-likeness (QED) is 0.559. The first kappa shape index (κ1) is 14.4. The van der Waals surface area contributed by atoms with Gasteiger partial charge in [0, 0.05) is 10.5 Å². The van der Waals surface area contributed by atoms with E-state index in [1.165, 1.54) is 11.8 Å². The summed E-state index contributed by atoms with van der Waals surface area (Å²) in [6, 6.07) is 14.7. The molecule has 0 saturated carbocycles.